The molecule has 1 amide bonds. The van der Waals surface area contributed by atoms with Crippen molar-refractivity contribution < 1.29 is 17.6 Å². The molecular formula is C13H19ClFN3O3S. The van der Waals surface area contributed by atoms with Crippen molar-refractivity contribution in [2.24, 2.45) is 5.73 Å². The van der Waals surface area contributed by atoms with Gasteiger partial charge in [-0.3, -0.25) is 4.79 Å². The largest absolute Gasteiger partial charge is 0.341 e. The Labute approximate surface area is 135 Å². The molecule has 0 radical (unpaired) electrons. The van der Waals surface area contributed by atoms with E-state index in [4.69, 9.17) is 5.73 Å². The smallest absolute Gasteiger partial charge is 0.240 e. The van der Waals surface area contributed by atoms with Gasteiger partial charge in [0.1, 0.15) is 5.82 Å². The van der Waals surface area contributed by atoms with Crippen molar-refractivity contribution in [2.45, 2.75) is 23.8 Å². The molecule has 1 saturated heterocycles. The van der Waals surface area contributed by atoms with Crippen LogP contribution in [0.2, 0.25) is 0 Å². The normalized spacial score (nSPS) is 18.1. The first kappa shape index (κ1) is 18.8. The van der Waals surface area contributed by atoms with E-state index in [1.165, 1.54) is 12.1 Å². The van der Waals surface area contributed by atoms with Crippen LogP contribution in [0.25, 0.3) is 0 Å². The number of amides is 1. The summed E-state index contributed by atoms with van der Waals surface area (Å²) in [5, 5.41) is 0. The molecule has 1 heterocycles. The van der Waals surface area contributed by atoms with E-state index in [1.807, 2.05) is 0 Å². The summed E-state index contributed by atoms with van der Waals surface area (Å²) in [7, 11) is -3.72. The summed E-state index contributed by atoms with van der Waals surface area (Å²) in [6, 6.07) is 4.51. The molecule has 1 aromatic rings. The van der Waals surface area contributed by atoms with Gasteiger partial charge in [0.2, 0.25) is 15.9 Å². The Bertz CT molecular complexity index is 609. The Morgan fingerprint density at radius 3 is 2.55 bits per heavy atom. The summed E-state index contributed by atoms with van der Waals surface area (Å²) in [6.45, 7) is 1.14. The summed E-state index contributed by atoms with van der Waals surface area (Å²) in [6.07, 6.45) is 0.847. The van der Waals surface area contributed by atoms with E-state index in [-0.39, 0.29) is 42.2 Å². The number of nitrogens with two attached hydrogens (primary N) is 1. The lowest BCUT2D eigenvalue weighted by atomic mass is 10.3. The molecule has 124 valence electrons. The zero-order valence-corrected chi connectivity index (χ0v) is 13.5. The second-order valence-electron chi connectivity index (χ2n) is 4.99. The third-order valence-corrected chi connectivity index (χ3v) is 4.81. The van der Waals surface area contributed by atoms with Crippen LogP contribution >= 0.6 is 12.4 Å². The van der Waals surface area contributed by atoms with Gasteiger partial charge in [-0.25, -0.2) is 17.5 Å². The number of hydrogen-bond acceptors (Lipinski definition) is 4. The van der Waals surface area contributed by atoms with Gasteiger partial charge in [-0.2, -0.15) is 0 Å². The quantitative estimate of drug-likeness (QED) is 0.806. The zero-order chi connectivity index (χ0) is 15.5. The lowest BCUT2D eigenvalue weighted by molar-refractivity contribution is -0.130. The molecule has 1 fully saturated rings. The molecule has 9 heteroatoms. The van der Waals surface area contributed by atoms with Crippen molar-refractivity contribution in [1.29, 1.82) is 0 Å². The number of hydrogen-bond donors (Lipinski definition) is 2. The molecule has 1 aliphatic rings. The van der Waals surface area contributed by atoms with Gasteiger partial charge >= 0.3 is 0 Å². The Morgan fingerprint density at radius 2 is 2.00 bits per heavy atom. The van der Waals surface area contributed by atoms with Gasteiger partial charge in [0.05, 0.1) is 4.90 Å². The van der Waals surface area contributed by atoms with Crippen LogP contribution in [0.1, 0.15) is 12.8 Å². The average Bonchev–Trinajstić information content (AvgIpc) is 2.86. The molecule has 0 aliphatic carbocycles. The van der Waals surface area contributed by atoms with Crippen molar-refractivity contribution in [1.82, 2.24) is 9.62 Å². The standard InChI is InChI=1S/C13H18FN3O3S.ClH/c14-10-1-3-12(4-2-10)21(19,20)16-7-5-13(18)17-8-6-11(15)9-17;/h1-4,11,16H,5-9,15H2;1H/t11-;/m1./s1. The molecule has 0 unspecified atom stereocenters. The molecule has 2 rings (SSSR count). The average molecular weight is 352 g/mol. The van der Waals surface area contributed by atoms with Crippen LogP contribution in [0.3, 0.4) is 0 Å². The van der Waals surface area contributed by atoms with Gasteiger partial charge < -0.3 is 10.6 Å². The minimum Gasteiger partial charge on any atom is -0.341 e. The van der Waals surface area contributed by atoms with Gasteiger partial charge in [0, 0.05) is 32.1 Å². The van der Waals surface area contributed by atoms with Crippen molar-refractivity contribution in [3.63, 3.8) is 0 Å². The predicted molar refractivity (Wildman–Crippen MR) is 82.6 cm³/mol. The Balaban J connectivity index is 0.00000242. The first-order valence-corrected chi connectivity index (χ1v) is 8.15. The third kappa shape index (κ3) is 4.91. The molecular weight excluding hydrogens is 333 g/mol. The molecule has 1 aliphatic heterocycles. The maximum absolute atomic E-state index is 12.8. The van der Waals surface area contributed by atoms with Crippen LogP contribution < -0.4 is 10.5 Å². The van der Waals surface area contributed by atoms with Crippen LogP contribution in [-0.2, 0) is 14.8 Å². The molecule has 0 saturated carbocycles. The number of carbonyl (C=O) groups is 1. The Kier molecular flexibility index (Phi) is 6.73. The highest BCUT2D eigenvalue weighted by molar-refractivity contribution is 7.89. The maximum atomic E-state index is 12.8. The van der Waals surface area contributed by atoms with E-state index in [1.54, 1.807) is 4.90 Å². The lowest BCUT2D eigenvalue weighted by Crippen LogP contribution is -2.34. The molecule has 3 N–H and O–H groups in total. The van der Waals surface area contributed by atoms with Gasteiger partial charge in [-0.15, -0.1) is 12.4 Å². The number of sulfonamides is 1. The summed E-state index contributed by atoms with van der Waals surface area (Å²) in [5.74, 6) is -0.626. The predicted octanol–water partition coefficient (Wildman–Crippen LogP) is 0.475. The molecule has 6 nitrogen and oxygen atoms in total. The minimum atomic E-state index is -3.72. The van der Waals surface area contributed by atoms with Crippen LogP contribution in [0.4, 0.5) is 4.39 Å². The monoisotopic (exact) mass is 351 g/mol. The fraction of sp³-hybridized carbons (Fsp3) is 0.462. The number of nitrogens with zero attached hydrogens (tertiary/aromatic N) is 1. The van der Waals surface area contributed by atoms with E-state index in [9.17, 15) is 17.6 Å². The van der Waals surface area contributed by atoms with Gasteiger partial charge in [0.25, 0.3) is 0 Å². The maximum Gasteiger partial charge on any atom is 0.240 e. The van der Waals surface area contributed by atoms with Crippen molar-refractivity contribution in [3.8, 4) is 0 Å². The van der Waals surface area contributed by atoms with Crippen molar-refractivity contribution >= 4 is 28.3 Å². The molecule has 1 atom stereocenters. The Hall–Kier alpha value is -1.22. The molecule has 0 aromatic heterocycles. The van der Waals surface area contributed by atoms with Gasteiger partial charge in [-0.1, -0.05) is 0 Å². The summed E-state index contributed by atoms with van der Waals surface area (Å²) in [4.78, 5) is 13.5. The highest BCUT2D eigenvalue weighted by Crippen LogP contribution is 2.10. The highest BCUT2D eigenvalue weighted by atomic mass is 35.5. The zero-order valence-electron chi connectivity index (χ0n) is 11.9. The van der Waals surface area contributed by atoms with E-state index in [0.717, 1.165) is 18.6 Å². The van der Waals surface area contributed by atoms with Crippen LogP contribution in [0, 0.1) is 5.82 Å². The number of carbonyl (C=O) groups excluding carboxylic acids is 1. The fourth-order valence-corrected chi connectivity index (χ4v) is 3.19. The Morgan fingerprint density at radius 1 is 1.36 bits per heavy atom. The number of halogens is 2. The fourth-order valence-electron chi connectivity index (χ4n) is 2.16. The lowest BCUT2D eigenvalue weighted by Gasteiger charge is -2.15. The van der Waals surface area contributed by atoms with Crippen LogP contribution in [0.5, 0.6) is 0 Å². The summed E-state index contributed by atoms with van der Waals surface area (Å²) >= 11 is 0. The molecule has 1 aromatic carbocycles. The topological polar surface area (TPSA) is 92.5 Å². The van der Waals surface area contributed by atoms with Crippen molar-refractivity contribution in [2.75, 3.05) is 19.6 Å². The minimum absolute atomic E-state index is 0. The first-order valence-electron chi connectivity index (χ1n) is 6.67. The molecule has 0 bridgehead atoms. The highest BCUT2D eigenvalue weighted by Gasteiger charge is 2.23. The molecule has 0 spiro atoms. The van der Waals surface area contributed by atoms with E-state index >= 15 is 0 Å². The second-order valence-corrected chi connectivity index (χ2v) is 6.76. The van der Waals surface area contributed by atoms with E-state index < -0.39 is 15.8 Å². The van der Waals surface area contributed by atoms with Crippen LogP contribution in [0.15, 0.2) is 29.2 Å². The number of benzene rings is 1. The SMILES string of the molecule is Cl.N[C@@H]1CCN(C(=O)CCNS(=O)(=O)c2ccc(F)cc2)C1. The second kappa shape index (κ2) is 7.87. The van der Waals surface area contributed by atoms with E-state index in [2.05, 4.69) is 4.72 Å². The van der Waals surface area contributed by atoms with Crippen LogP contribution in [-0.4, -0.2) is 44.9 Å². The number of nitrogens with one attached hydrogen (secondary N) is 1. The van der Waals surface area contributed by atoms with Crippen molar-refractivity contribution in [3.05, 3.63) is 30.1 Å². The van der Waals surface area contributed by atoms with Gasteiger partial charge in [-0.05, 0) is 30.7 Å². The first-order chi connectivity index (χ1) is 9.88. The molecule has 22 heavy (non-hydrogen) atoms. The summed E-state index contributed by atoms with van der Waals surface area (Å²) in [5.41, 5.74) is 5.71. The van der Waals surface area contributed by atoms with Gasteiger partial charge in [0.15, 0.2) is 0 Å². The summed E-state index contributed by atoms with van der Waals surface area (Å²) < 4.78 is 38.9. The number of rotatable bonds is 5. The third-order valence-electron chi connectivity index (χ3n) is 3.33. The number of likely N-dealkylation sites (tertiary alicyclic amines) is 1. The van der Waals surface area contributed by atoms with E-state index in [0.29, 0.717) is 13.1 Å².